The highest BCUT2D eigenvalue weighted by atomic mass is 16.5. The second-order valence-corrected chi connectivity index (χ2v) is 3.90. The Morgan fingerprint density at radius 3 is 2.94 bits per heavy atom. The van der Waals surface area contributed by atoms with E-state index in [1.807, 2.05) is 10.9 Å². The fraction of sp³-hybridized carbons (Fsp3) is 0.750. The standard InChI is InChI=1S/C12H23N3O/c1-3-15-11-12(10-14-15)6-4-5-7-13-8-9-16-2/h10-11,13H,3-9H2,1-2H3. The first-order valence-electron chi connectivity index (χ1n) is 6.07. The molecule has 0 spiro atoms. The van der Waals surface area contributed by atoms with E-state index < -0.39 is 0 Å². The molecule has 0 aliphatic carbocycles. The molecule has 0 aromatic carbocycles. The van der Waals surface area contributed by atoms with Crippen LogP contribution in [0.1, 0.15) is 25.3 Å². The topological polar surface area (TPSA) is 39.1 Å². The van der Waals surface area contributed by atoms with Gasteiger partial charge in [-0.2, -0.15) is 5.10 Å². The fourth-order valence-corrected chi connectivity index (χ4v) is 1.59. The first-order valence-corrected chi connectivity index (χ1v) is 6.07. The van der Waals surface area contributed by atoms with Crippen LogP contribution in [0.2, 0.25) is 0 Å². The molecule has 4 nitrogen and oxygen atoms in total. The third-order valence-corrected chi connectivity index (χ3v) is 2.56. The van der Waals surface area contributed by atoms with Gasteiger partial charge in [0.15, 0.2) is 0 Å². The van der Waals surface area contributed by atoms with Crippen molar-refractivity contribution in [3.8, 4) is 0 Å². The van der Waals surface area contributed by atoms with E-state index in [1.165, 1.54) is 18.4 Å². The van der Waals surface area contributed by atoms with Crippen LogP contribution in [0.25, 0.3) is 0 Å². The Kier molecular flexibility index (Phi) is 6.85. The van der Waals surface area contributed by atoms with Crippen molar-refractivity contribution >= 4 is 0 Å². The molecule has 0 unspecified atom stereocenters. The minimum absolute atomic E-state index is 0.795. The van der Waals surface area contributed by atoms with Gasteiger partial charge in [0.1, 0.15) is 0 Å². The Morgan fingerprint density at radius 1 is 1.38 bits per heavy atom. The Balaban J connectivity index is 1.98. The maximum absolute atomic E-state index is 4.96. The molecule has 0 aliphatic heterocycles. The molecule has 0 amide bonds. The Labute approximate surface area is 98.0 Å². The average Bonchev–Trinajstić information content (AvgIpc) is 2.76. The van der Waals surface area contributed by atoms with Crippen LogP contribution < -0.4 is 5.32 Å². The lowest BCUT2D eigenvalue weighted by Gasteiger charge is -2.02. The number of unbranched alkanes of at least 4 members (excludes halogenated alkanes) is 1. The SMILES string of the molecule is CCn1cc(CCCCNCCOC)cn1. The van der Waals surface area contributed by atoms with Gasteiger partial charge in [0.25, 0.3) is 0 Å². The summed E-state index contributed by atoms with van der Waals surface area (Å²) in [4.78, 5) is 0. The first-order chi connectivity index (χ1) is 7.86. The van der Waals surface area contributed by atoms with Crippen molar-refractivity contribution in [3.05, 3.63) is 18.0 Å². The number of hydrogen-bond acceptors (Lipinski definition) is 3. The van der Waals surface area contributed by atoms with Crippen LogP contribution in [0.4, 0.5) is 0 Å². The lowest BCUT2D eigenvalue weighted by molar-refractivity contribution is 0.199. The van der Waals surface area contributed by atoms with Crippen LogP contribution in [0, 0.1) is 0 Å². The highest BCUT2D eigenvalue weighted by Crippen LogP contribution is 2.03. The lowest BCUT2D eigenvalue weighted by Crippen LogP contribution is -2.20. The van der Waals surface area contributed by atoms with Crippen molar-refractivity contribution in [1.29, 1.82) is 0 Å². The van der Waals surface area contributed by atoms with E-state index in [1.54, 1.807) is 7.11 Å². The zero-order chi connectivity index (χ0) is 11.6. The molecule has 16 heavy (non-hydrogen) atoms. The highest BCUT2D eigenvalue weighted by Gasteiger charge is 1.97. The van der Waals surface area contributed by atoms with Gasteiger partial charge in [0, 0.05) is 26.4 Å². The van der Waals surface area contributed by atoms with Crippen molar-refractivity contribution in [1.82, 2.24) is 15.1 Å². The minimum Gasteiger partial charge on any atom is -0.383 e. The van der Waals surface area contributed by atoms with Crippen LogP contribution in [-0.4, -0.2) is 36.6 Å². The maximum atomic E-state index is 4.96. The molecule has 0 radical (unpaired) electrons. The van der Waals surface area contributed by atoms with E-state index in [9.17, 15) is 0 Å². The van der Waals surface area contributed by atoms with Crippen LogP contribution in [0.3, 0.4) is 0 Å². The largest absolute Gasteiger partial charge is 0.383 e. The van der Waals surface area contributed by atoms with Gasteiger partial charge < -0.3 is 10.1 Å². The summed E-state index contributed by atoms with van der Waals surface area (Å²) in [6, 6.07) is 0. The Hall–Kier alpha value is -0.870. The van der Waals surface area contributed by atoms with Gasteiger partial charge in [-0.15, -0.1) is 0 Å². The van der Waals surface area contributed by atoms with E-state index >= 15 is 0 Å². The summed E-state index contributed by atoms with van der Waals surface area (Å²) in [7, 11) is 1.73. The van der Waals surface area contributed by atoms with Gasteiger partial charge in [-0.3, -0.25) is 4.68 Å². The van der Waals surface area contributed by atoms with Gasteiger partial charge in [-0.05, 0) is 38.3 Å². The highest BCUT2D eigenvalue weighted by molar-refractivity contribution is 5.03. The molecular weight excluding hydrogens is 202 g/mol. The third-order valence-electron chi connectivity index (χ3n) is 2.56. The van der Waals surface area contributed by atoms with E-state index in [0.29, 0.717) is 0 Å². The fourth-order valence-electron chi connectivity index (χ4n) is 1.59. The second-order valence-electron chi connectivity index (χ2n) is 3.90. The van der Waals surface area contributed by atoms with E-state index in [4.69, 9.17) is 4.74 Å². The molecule has 0 atom stereocenters. The molecule has 1 N–H and O–H groups in total. The monoisotopic (exact) mass is 225 g/mol. The molecular formula is C12H23N3O. The van der Waals surface area contributed by atoms with Crippen molar-refractivity contribution in [2.24, 2.45) is 0 Å². The van der Waals surface area contributed by atoms with Crippen molar-refractivity contribution in [2.75, 3.05) is 26.8 Å². The summed E-state index contributed by atoms with van der Waals surface area (Å²) in [6.45, 7) is 5.88. The summed E-state index contributed by atoms with van der Waals surface area (Å²) in [5, 5.41) is 7.60. The molecule has 1 heterocycles. The third kappa shape index (κ3) is 5.28. The van der Waals surface area contributed by atoms with Crippen LogP contribution in [0.15, 0.2) is 12.4 Å². The number of rotatable bonds is 9. The molecule has 92 valence electrons. The number of aryl methyl sites for hydroxylation is 2. The van der Waals surface area contributed by atoms with E-state index in [0.717, 1.165) is 32.7 Å². The smallest absolute Gasteiger partial charge is 0.0587 e. The normalized spacial score (nSPS) is 10.9. The molecule has 0 saturated carbocycles. The number of nitrogens with zero attached hydrogens (tertiary/aromatic N) is 2. The van der Waals surface area contributed by atoms with Gasteiger partial charge in [0.05, 0.1) is 12.8 Å². The number of nitrogens with one attached hydrogen (secondary N) is 1. The Morgan fingerprint density at radius 2 is 2.25 bits per heavy atom. The summed E-state index contributed by atoms with van der Waals surface area (Å²) >= 11 is 0. The van der Waals surface area contributed by atoms with Crippen LogP contribution in [0.5, 0.6) is 0 Å². The first kappa shape index (κ1) is 13.2. The van der Waals surface area contributed by atoms with E-state index in [2.05, 4.69) is 23.5 Å². The second kappa shape index (κ2) is 8.30. The molecule has 0 bridgehead atoms. The molecule has 0 fully saturated rings. The summed E-state index contributed by atoms with van der Waals surface area (Å²) in [5.74, 6) is 0. The molecule has 1 rings (SSSR count). The Bertz CT molecular complexity index is 273. The number of methoxy groups -OCH3 is 1. The van der Waals surface area contributed by atoms with E-state index in [-0.39, 0.29) is 0 Å². The molecule has 1 aromatic rings. The lowest BCUT2D eigenvalue weighted by atomic mass is 10.1. The van der Waals surface area contributed by atoms with Gasteiger partial charge in [-0.1, -0.05) is 0 Å². The molecule has 0 saturated heterocycles. The van der Waals surface area contributed by atoms with Gasteiger partial charge in [0.2, 0.25) is 0 Å². The predicted octanol–water partition coefficient (Wildman–Crippen LogP) is 1.46. The number of ether oxygens (including phenoxy) is 1. The van der Waals surface area contributed by atoms with Crippen molar-refractivity contribution in [3.63, 3.8) is 0 Å². The zero-order valence-electron chi connectivity index (χ0n) is 10.4. The van der Waals surface area contributed by atoms with Crippen LogP contribution >= 0.6 is 0 Å². The maximum Gasteiger partial charge on any atom is 0.0587 e. The summed E-state index contributed by atoms with van der Waals surface area (Å²) < 4.78 is 6.94. The van der Waals surface area contributed by atoms with Crippen LogP contribution in [-0.2, 0) is 17.7 Å². The average molecular weight is 225 g/mol. The minimum atomic E-state index is 0.795. The summed E-state index contributed by atoms with van der Waals surface area (Å²) in [5.41, 5.74) is 1.35. The molecule has 4 heteroatoms. The van der Waals surface area contributed by atoms with Crippen molar-refractivity contribution < 1.29 is 4.74 Å². The number of aromatic nitrogens is 2. The molecule has 0 aliphatic rings. The van der Waals surface area contributed by atoms with Gasteiger partial charge >= 0.3 is 0 Å². The molecule has 1 aromatic heterocycles. The van der Waals surface area contributed by atoms with Crippen molar-refractivity contribution in [2.45, 2.75) is 32.7 Å². The zero-order valence-corrected chi connectivity index (χ0v) is 10.4. The quantitative estimate of drug-likeness (QED) is 0.647. The summed E-state index contributed by atoms with van der Waals surface area (Å²) in [6.07, 6.45) is 7.67. The van der Waals surface area contributed by atoms with Gasteiger partial charge in [-0.25, -0.2) is 0 Å². The predicted molar refractivity (Wildman–Crippen MR) is 65.6 cm³/mol. The number of hydrogen-bond donors (Lipinski definition) is 1.